The van der Waals surface area contributed by atoms with Crippen LogP contribution in [0.4, 0.5) is 5.69 Å². The van der Waals surface area contributed by atoms with Gasteiger partial charge in [0, 0.05) is 16.6 Å². The molecule has 2 N–H and O–H groups in total. The summed E-state index contributed by atoms with van der Waals surface area (Å²) in [4.78, 5) is 33.6. The maximum absolute atomic E-state index is 12.8. The van der Waals surface area contributed by atoms with Crippen molar-refractivity contribution < 1.29 is 4.79 Å². The zero-order chi connectivity index (χ0) is 22.0. The van der Waals surface area contributed by atoms with Crippen LogP contribution in [0.1, 0.15) is 23.9 Å². The van der Waals surface area contributed by atoms with Gasteiger partial charge in [0.25, 0.3) is 5.56 Å². The molecule has 4 aromatic rings. The van der Waals surface area contributed by atoms with Gasteiger partial charge >= 0.3 is 0 Å². The predicted octanol–water partition coefficient (Wildman–Crippen LogP) is 5.53. The fourth-order valence-electron chi connectivity index (χ4n) is 3.36. The van der Waals surface area contributed by atoms with Gasteiger partial charge in [0.2, 0.25) is 5.91 Å². The normalized spacial score (nSPS) is 12.1. The number of nitrogens with one attached hydrogen (secondary N) is 2. The van der Waals surface area contributed by atoms with Gasteiger partial charge in [0.05, 0.1) is 16.4 Å². The lowest BCUT2D eigenvalue weighted by Crippen LogP contribution is -2.23. The van der Waals surface area contributed by atoms with Crippen molar-refractivity contribution in [3.8, 4) is 11.1 Å². The van der Waals surface area contributed by atoms with Crippen molar-refractivity contribution in [2.75, 3.05) is 5.32 Å². The van der Waals surface area contributed by atoms with Crippen LogP contribution < -0.4 is 10.9 Å². The molecule has 2 heterocycles. The fourth-order valence-corrected chi connectivity index (χ4v) is 5.08. The highest BCUT2D eigenvalue weighted by atomic mass is 32.2. The Bertz CT molecular complexity index is 1300. The van der Waals surface area contributed by atoms with Crippen molar-refractivity contribution in [2.24, 2.45) is 0 Å². The Morgan fingerprint density at radius 3 is 2.71 bits per heavy atom. The van der Waals surface area contributed by atoms with E-state index >= 15 is 0 Å². The molecule has 0 bridgehead atoms. The molecule has 0 saturated carbocycles. The van der Waals surface area contributed by atoms with Crippen LogP contribution in [-0.2, 0) is 10.5 Å². The van der Waals surface area contributed by atoms with E-state index in [1.54, 1.807) is 0 Å². The maximum Gasteiger partial charge on any atom is 0.260 e. The Kier molecular flexibility index (Phi) is 6.25. The first-order chi connectivity index (χ1) is 14.9. The summed E-state index contributed by atoms with van der Waals surface area (Å²) in [6.07, 6.45) is 0. The number of benzene rings is 2. The summed E-state index contributed by atoms with van der Waals surface area (Å²) in [7, 11) is 0. The van der Waals surface area contributed by atoms with E-state index in [1.165, 1.54) is 23.1 Å². The first kappa shape index (κ1) is 21.3. The number of H-pyrrole nitrogens is 1. The number of aromatic amines is 1. The number of aromatic nitrogens is 2. The van der Waals surface area contributed by atoms with Gasteiger partial charge in [-0.1, -0.05) is 48.0 Å². The van der Waals surface area contributed by atoms with Crippen LogP contribution in [0.3, 0.4) is 0 Å². The standard InChI is InChI=1S/C24H23N3O2S2/c1-14-9-10-19(15(2)11-14)25-22(28)16(3)30-13-20-26-23(29)21-18(12-31-24(21)27-20)17-7-5-4-6-8-17/h4-12,16H,13H2,1-3H3,(H,25,28)(H,26,27,29). The van der Waals surface area contributed by atoms with Crippen LogP contribution >= 0.6 is 23.1 Å². The molecule has 1 unspecified atom stereocenters. The average Bonchev–Trinajstić information content (AvgIpc) is 3.19. The Morgan fingerprint density at radius 2 is 1.97 bits per heavy atom. The summed E-state index contributed by atoms with van der Waals surface area (Å²) in [6, 6.07) is 15.8. The SMILES string of the molecule is Cc1ccc(NC(=O)C(C)SCc2nc3scc(-c4ccccc4)c3c(=O)[nH]2)c(C)c1. The van der Waals surface area contributed by atoms with Gasteiger partial charge in [0.15, 0.2) is 0 Å². The second kappa shape index (κ2) is 9.08. The number of carbonyl (C=O) groups is 1. The molecule has 1 atom stereocenters. The lowest BCUT2D eigenvalue weighted by atomic mass is 10.1. The van der Waals surface area contributed by atoms with E-state index in [9.17, 15) is 9.59 Å². The molecule has 31 heavy (non-hydrogen) atoms. The monoisotopic (exact) mass is 449 g/mol. The Hall–Kier alpha value is -2.90. The summed E-state index contributed by atoms with van der Waals surface area (Å²) >= 11 is 2.91. The summed E-state index contributed by atoms with van der Waals surface area (Å²) in [5.41, 5.74) is 4.77. The number of thiophene rings is 1. The quantitative estimate of drug-likeness (QED) is 0.406. The fraction of sp³-hybridized carbons (Fsp3) is 0.208. The van der Waals surface area contributed by atoms with Crippen molar-refractivity contribution in [2.45, 2.75) is 31.8 Å². The van der Waals surface area contributed by atoms with Crippen LogP contribution in [0.25, 0.3) is 21.3 Å². The lowest BCUT2D eigenvalue weighted by molar-refractivity contribution is -0.115. The van der Waals surface area contributed by atoms with Crippen LogP contribution in [0.2, 0.25) is 0 Å². The molecule has 0 spiro atoms. The summed E-state index contributed by atoms with van der Waals surface area (Å²) in [5.74, 6) is 0.962. The second-order valence-electron chi connectivity index (χ2n) is 7.47. The Morgan fingerprint density at radius 1 is 1.19 bits per heavy atom. The number of nitrogens with zero attached hydrogens (tertiary/aromatic N) is 1. The van der Waals surface area contributed by atoms with Crippen molar-refractivity contribution >= 4 is 44.9 Å². The topological polar surface area (TPSA) is 74.8 Å². The molecule has 1 amide bonds. The van der Waals surface area contributed by atoms with Gasteiger partial charge in [0.1, 0.15) is 10.7 Å². The molecule has 4 rings (SSSR count). The first-order valence-electron chi connectivity index (χ1n) is 9.98. The van der Waals surface area contributed by atoms with Gasteiger partial charge in [-0.15, -0.1) is 23.1 Å². The van der Waals surface area contributed by atoms with Gasteiger partial charge in [-0.2, -0.15) is 0 Å². The average molecular weight is 450 g/mol. The minimum absolute atomic E-state index is 0.0668. The molecule has 0 aliphatic carbocycles. The number of aryl methyl sites for hydroxylation is 2. The van der Waals surface area contributed by atoms with Crippen molar-refractivity contribution in [1.29, 1.82) is 0 Å². The molecule has 2 aromatic carbocycles. The third-order valence-electron chi connectivity index (χ3n) is 5.06. The predicted molar refractivity (Wildman–Crippen MR) is 131 cm³/mol. The highest BCUT2D eigenvalue weighted by molar-refractivity contribution is 7.99. The molecule has 0 aliphatic heterocycles. The van der Waals surface area contributed by atoms with Crippen LogP contribution in [0.15, 0.2) is 58.7 Å². The lowest BCUT2D eigenvalue weighted by Gasteiger charge is -2.13. The van der Waals surface area contributed by atoms with Crippen LogP contribution in [0.5, 0.6) is 0 Å². The summed E-state index contributed by atoms with van der Waals surface area (Å²) in [5, 5.41) is 5.29. The third kappa shape index (κ3) is 4.73. The number of amides is 1. The van der Waals surface area contributed by atoms with E-state index in [0.717, 1.165) is 27.9 Å². The number of fused-ring (bicyclic) bond motifs is 1. The highest BCUT2D eigenvalue weighted by Gasteiger charge is 2.17. The molecule has 158 valence electrons. The van der Waals surface area contributed by atoms with Crippen molar-refractivity contribution in [1.82, 2.24) is 9.97 Å². The molecule has 0 radical (unpaired) electrons. The maximum atomic E-state index is 12.8. The van der Waals surface area contributed by atoms with Gasteiger partial charge in [-0.3, -0.25) is 9.59 Å². The highest BCUT2D eigenvalue weighted by Crippen LogP contribution is 2.31. The summed E-state index contributed by atoms with van der Waals surface area (Å²) < 4.78 is 0. The molecule has 0 saturated heterocycles. The van der Waals surface area contributed by atoms with Crippen molar-refractivity contribution in [3.63, 3.8) is 0 Å². The smallest absolute Gasteiger partial charge is 0.260 e. The molecule has 0 fully saturated rings. The van der Waals surface area contributed by atoms with Gasteiger partial charge in [-0.05, 0) is 38.0 Å². The zero-order valence-electron chi connectivity index (χ0n) is 17.6. The zero-order valence-corrected chi connectivity index (χ0v) is 19.2. The number of thioether (sulfide) groups is 1. The largest absolute Gasteiger partial charge is 0.325 e. The third-order valence-corrected chi connectivity index (χ3v) is 7.08. The van der Waals surface area contributed by atoms with E-state index in [4.69, 9.17) is 0 Å². The second-order valence-corrected chi connectivity index (χ2v) is 9.66. The molecular weight excluding hydrogens is 426 g/mol. The van der Waals surface area contributed by atoms with Crippen LogP contribution in [-0.4, -0.2) is 21.1 Å². The minimum Gasteiger partial charge on any atom is -0.325 e. The van der Waals surface area contributed by atoms with E-state index in [2.05, 4.69) is 15.3 Å². The molecule has 5 nitrogen and oxygen atoms in total. The van der Waals surface area contributed by atoms with Gasteiger partial charge in [-0.25, -0.2) is 4.98 Å². The number of anilines is 1. The number of carbonyl (C=O) groups excluding carboxylic acids is 1. The molecule has 0 aliphatic rings. The molecular formula is C24H23N3O2S2. The summed E-state index contributed by atoms with van der Waals surface area (Å²) in [6.45, 7) is 5.87. The van der Waals surface area contributed by atoms with E-state index < -0.39 is 0 Å². The number of rotatable bonds is 6. The van der Waals surface area contributed by atoms with Crippen LogP contribution in [0, 0.1) is 13.8 Å². The molecule has 2 aromatic heterocycles. The molecule has 7 heteroatoms. The van der Waals surface area contributed by atoms with E-state index in [0.29, 0.717) is 21.8 Å². The van der Waals surface area contributed by atoms with Gasteiger partial charge < -0.3 is 10.3 Å². The number of hydrogen-bond acceptors (Lipinski definition) is 5. The van der Waals surface area contributed by atoms with E-state index in [-0.39, 0.29) is 16.7 Å². The van der Waals surface area contributed by atoms with E-state index in [1.807, 2.05) is 74.7 Å². The Balaban J connectivity index is 1.46. The van der Waals surface area contributed by atoms with Crippen molar-refractivity contribution in [3.05, 3.63) is 81.2 Å². The Labute approximate surface area is 188 Å². The first-order valence-corrected chi connectivity index (χ1v) is 11.9. The number of hydrogen-bond donors (Lipinski definition) is 2. The minimum atomic E-state index is -0.287.